The third-order valence-corrected chi connectivity index (χ3v) is 6.70. The van der Waals surface area contributed by atoms with Gasteiger partial charge in [0.2, 0.25) is 0 Å². The molecule has 7 heteroatoms. The van der Waals surface area contributed by atoms with Gasteiger partial charge in [0.05, 0.1) is 22.9 Å². The van der Waals surface area contributed by atoms with E-state index in [4.69, 9.17) is 0 Å². The molecule has 3 aromatic rings. The maximum absolute atomic E-state index is 13.2. The number of anilines is 2. The number of rotatable bonds is 5. The number of likely N-dealkylation sites (N-methyl/N-ethyl adjacent to an activating group) is 1. The Kier molecular flexibility index (Phi) is 6.86. The predicted molar refractivity (Wildman–Crippen MR) is 140 cm³/mol. The fourth-order valence-corrected chi connectivity index (χ4v) is 4.34. The van der Waals surface area contributed by atoms with Crippen LogP contribution in [0.15, 0.2) is 67.5 Å². The molecule has 0 spiro atoms. The third kappa shape index (κ3) is 4.68. The molecule has 1 aromatic carbocycles. The van der Waals surface area contributed by atoms with Crippen LogP contribution in [0.1, 0.15) is 22.8 Å². The number of hydrogen-bond donors (Lipinski definition) is 0. The van der Waals surface area contributed by atoms with E-state index >= 15 is 0 Å². The zero-order valence-corrected chi connectivity index (χ0v) is 20.5. The summed E-state index contributed by atoms with van der Waals surface area (Å²) in [5, 5.41) is 2.05. The maximum atomic E-state index is 13.2. The summed E-state index contributed by atoms with van der Waals surface area (Å²) in [6.07, 6.45) is 7.39. The van der Waals surface area contributed by atoms with Crippen molar-refractivity contribution in [3.8, 4) is 0 Å². The monoisotopic (exact) mass is 539 g/mol. The molecule has 0 atom stereocenters. The number of fused-ring (bicyclic) bond motifs is 1. The van der Waals surface area contributed by atoms with Gasteiger partial charge in [0.15, 0.2) is 0 Å². The molecule has 0 radical (unpaired) electrons. The van der Waals surface area contributed by atoms with Crippen LogP contribution >= 0.6 is 22.9 Å². The fourth-order valence-electron chi connectivity index (χ4n) is 3.80. The summed E-state index contributed by atoms with van der Waals surface area (Å²) in [7, 11) is 2.12. The van der Waals surface area contributed by atoms with Gasteiger partial charge in [-0.15, -0.1) is 0 Å². The Morgan fingerprint density at radius 3 is 2.56 bits per heavy atom. The topological polar surface area (TPSA) is 52.6 Å². The highest BCUT2D eigenvalue weighted by molar-refractivity contribution is 14.1. The SMILES string of the molecule is C=C/C(=C\C)c1ccc2cnc(N(I)C(=O)c3ccnc(N4CCN(C)CC4)c3)cc2c1. The summed E-state index contributed by atoms with van der Waals surface area (Å²) in [5.41, 5.74) is 2.76. The molecule has 3 heterocycles. The van der Waals surface area contributed by atoms with E-state index in [2.05, 4.69) is 45.5 Å². The quantitative estimate of drug-likeness (QED) is 0.261. The van der Waals surface area contributed by atoms with Crippen molar-refractivity contribution >= 4 is 56.8 Å². The normalized spacial score (nSPS) is 15.1. The number of piperazine rings is 1. The van der Waals surface area contributed by atoms with Gasteiger partial charge in [-0.1, -0.05) is 30.9 Å². The molecule has 1 saturated heterocycles. The lowest BCUT2D eigenvalue weighted by Gasteiger charge is -2.33. The Morgan fingerprint density at radius 2 is 1.84 bits per heavy atom. The van der Waals surface area contributed by atoms with Crippen molar-refractivity contribution in [1.29, 1.82) is 0 Å². The lowest BCUT2D eigenvalue weighted by molar-refractivity contribution is 0.101. The molecule has 1 aliphatic rings. The number of benzene rings is 1. The van der Waals surface area contributed by atoms with E-state index in [1.54, 1.807) is 21.6 Å². The summed E-state index contributed by atoms with van der Waals surface area (Å²) in [6.45, 7) is 9.67. The summed E-state index contributed by atoms with van der Waals surface area (Å²) < 4.78 is 1.57. The van der Waals surface area contributed by atoms with Crippen molar-refractivity contribution in [2.45, 2.75) is 6.92 Å². The van der Waals surface area contributed by atoms with Crippen LogP contribution < -0.4 is 8.01 Å². The second-order valence-electron chi connectivity index (χ2n) is 7.83. The zero-order chi connectivity index (χ0) is 22.7. The van der Waals surface area contributed by atoms with E-state index < -0.39 is 0 Å². The lowest BCUT2D eigenvalue weighted by Crippen LogP contribution is -2.44. The van der Waals surface area contributed by atoms with E-state index in [0.29, 0.717) is 11.4 Å². The predicted octanol–water partition coefficient (Wildman–Crippen LogP) is 4.97. The minimum Gasteiger partial charge on any atom is -0.354 e. The highest BCUT2D eigenvalue weighted by Gasteiger charge is 2.20. The van der Waals surface area contributed by atoms with E-state index in [-0.39, 0.29) is 5.91 Å². The smallest absolute Gasteiger partial charge is 0.268 e. The number of pyridine rings is 2. The molecule has 4 rings (SSSR count). The second-order valence-corrected chi connectivity index (χ2v) is 8.80. The molecule has 2 aromatic heterocycles. The van der Waals surface area contributed by atoms with E-state index in [0.717, 1.165) is 53.9 Å². The first-order valence-corrected chi connectivity index (χ1v) is 11.6. The minimum atomic E-state index is -0.119. The van der Waals surface area contributed by atoms with E-state index in [1.165, 1.54) is 0 Å². The average molecular weight is 539 g/mol. The van der Waals surface area contributed by atoms with Gasteiger partial charge in [0.25, 0.3) is 5.91 Å². The molecule has 0 bridgehead atoms. The molecular weight excluding hydrogens is 513 g/mol. The van der Waals surface area contributed by atoms with Crippen molar-refractivity contribution in [1.82, 2.24) is 14.9 Å². The highest BCUT2D eigenvalue weighted by atomic mass is 127. The number of hydrogen-bond acceptors (Lipinski definition) is 5. The maximum Gasteiger partial charge on any atom is 0.268 e. The minimum absolute atomic E-state index is 0.119. The molecule has 6 nitrogen and oxygen atoms in total. The van der Waals surface area contributed by atoms with Crippen molar-refractivity contribution < 1.29 is 4.79 Å². The Morgan fingerprint density at radius 1 is 1.06 bits per heavy atom. The number of carbonyl (C=O) groups excluding carboxylic acids is 1. The van der Waals surface area contributed by atoms with Crippen LogP contribution in [0, 0.1) is 0 Å². The van der Waals surface area contributed by atoms with Gasteiger partial charge in [-0.3, -0.25) is 4.79 Å². The van der Waals surface area contributed by atoms with Crippen LogP contribution in [-0.4, -0.2) is 54.0 Å². The van der Waals surface area contributed by atoms with Crippen LogP contribution in [0.5, 0.6) is 0 Å². The van der Waals surface area contributed by atoms with Crippen molar-refractivity contribution in [3.63, 3.8) is 0 Å². The Hall–Kier alpha value is -2.78. The van der Waals surface area contributed by atoms with E-state index in [9.17, 15) is 4.79 Å². The molecule has 32 heavy (non-hydrogen) atoms. The summed E-state index contributed by atoms with van der Waals surface area (Å²) in [6, 6.07) is 11.8. The van der Waals surface area contributed by atoms with Gasteiger partial charge >= 0.3 is 0 Å². The Labute approximate surface area is 202 Å². The highest BCUT2D eigenvalue weighted by Crippen LogP contribution is 2.27. The summed E-state index contributed by atoms with van der Waals surface area (Å²) >= 11 is 2.03. The van der Waals surface area contributed by atoms with Crippen LogP contribution in [0.4, 0.5) is 11.6 Å². The van der Waals surface area contributed by atoms with Crippen LogP contribution in [0.3, 0.4) is 0 Å². The number of amides is 1. The largest absolute Gasteiger partial charge is 0.354 e. The second kappa shape index (κ2) is 9.79. The number of halogens is 1. The number of allylic oxidation sites excluding steroid dienone is 3. The van der Waals surface area contributed by atoms with Crippen LogP contribution in [-0.2, 0) is 0 Å². The standard InChI is InChI=1S/C25H26IN5O/c1-4-18(5-2)19-6-7-21-17-28-24(16-22(21)14-19)31(26)25(32)20-8-9-27-23(15-20)30-12-10-29(3)11-13-30/h4-9,14-17H,1,10-13H2,2-3H3/b18-5+. The Bertz CT molecular complexity index is 1180. The molecule has 0 saturated carbocycles. The van der Waals surface area contributed by atoms with Crippen molar-refractivity contribution in [2.75, 3.05) is 41.2 Å². The van der Waals surface area contributed by atoms with Crippen molar-refractivity contribution in [2.24, 2.45) is 0 Å². The first kappa shape index (κ1) is 22.4. The lowest BCUT2D eigenvalue weighted by atomic mass is 10.0. The number of aromatic nitrogens is 2. The molecule has 0 unspecified atom stereocenters. The average Bonchev–Trinajstić information content (AvgIpc) is 2.84. The number of carbonyl (C=O) groups is 1. The summed E-state index contributed by atoms with van der Waals surface area (Å²) in [4.78, 5) is 26.8. The van der Waals surface area contributed by atoms with Gasteiger partial charge < -0.3 is 9.80 Å². The molecule has 1 aliphatic heterocycles. The van der Waals surface area contributed by atoms with Gasteiger partial charge in [-0.25, -0.2) is 13.1 Å². The molecular formula is C25H26IN5O. The first-order valence-electron chi connectivity index (χ1n) is 10.6. The molecule has 164 valence electrons. The first-order chi connectivity index (χ1) is 15.5. The van der Waals surface area contributed by atoms with Crippen LogP contribution in [0.25, 0.3) is 16.3 Å². The van der Waals surface area contributed by atoms with Crippen LogP contribution in [0.2, 0.25) is 0 Å². The van der Waals surface area contributed by atoms with Gasteiger partial charge in [0, 0.05) is 49.5 Å². The van der Waals surface area contributed by atoms with Gasteiger partial charge in [-0.2, -0.15) is 0 Å². The zero-order valence-electron chi connectivity index (χ0n) is 18.3. The molecule has 0 aliphatic carbocycles. The van der Waals surface area contributed by atoms with E-state index in [1.807, 2.05) is 60.1 Å². The fraction of sp³-hybridized carbons (Fsp3) is 0.240. The van der Waals surface area contributed by atoms with Crippen molar-refractivity contribution in [3.05, 3.63) is 78.6 Å². The number of nitrogens with zero attached hydrogens (tertiary/aromatic N) is 5. The summed E-state index contributed by atoms with van der Waals surface area (Å²) in [5.74, 6) is 1.32. The molecule has 0 N–H and O–H groups in total. The molecule has 1 amide bonds. The molecule has 1 fully saturated rings. The third-order valence-electron chi connectivity index (χ3n) is 5.77. The Balaban J connectivity index is 1.59. The van der Waals surface area contributed by atoms with Gasteiger partial charge in [-0.05, 0) is 54.8 Å². The van der Waals surface area contributed by atoms with Gasteiger partial charge in [0.1, 0.15) is 11.6 Å².